The Balaban J connectivity index is 1.10. The van der Waals surface area contributed by atoms with Gasteiger partial charge in [-0.05, 0) is 88.3 Å². The summed E-state index contributed by atoms with van der Waals surface area (Å²) in [4.78, 5) is 29.2. The number of aromatic nitrogens is 1. The molecule has 0 radical (unpaired) electrons. The number of nitrogens with one attached hydrogen (secondary N) is 2. The molecule has 8 rings (SSSR count). The molecule has 4 heterocycles. The van der Waals surface area contributed by atoms with Gasteiger partial charge in [0.15, 0.2) is 17.1 Å². The lowest BCUT2D eigenvalue weighted by Crippen LogP contribution is -2.75. The van der Waals surface area contributed by atoms with Gasteiger partial charge in [0.25, 0.3) is 0 Å². The van der Waals surface area contributed by atoms with Crippen molar-refractivity contribution in [2.24, 2.45) is 11.8 Å². The highest BCUT2D eigenvalue weighted by Gasteiger charge is 2.63. The molecule has 5 aromatic rings. The SMILES string of the molecule is C[C@@H]1C=C/C(=C\C[C@@H](C)[C@H]2CN[C@@H](O)[C@]3(O)[C@H](Oc4ccc5c(=O)c(-c6ccc(O)cc6)coc5c4)O[C@H](C(=O)O)[C@@H](O)[C@@H]3OCSSC[C@H]2c2cc[nH]c2)c2ccccc21. The smallest absolute Gasteiger partial charge is 0.335 e. The molecule has 320 valence electrons. The Labute approximate surface area is 359 Å². The van der Waals surface area contributed by atoms with Crippen LogP contribution >= 0.6 is 21.6 Å². The fourth-order valence-electron chi connectivity index (χ4n) is 8.58. The lowest BCUT2D eigenvalue weighted by atomic mass is 9.77. The van der Waals surface area contributed by atoms with Gasteiger partial charge < -0.3 is 49.1 Å². The number of carbonyl (C=O) groups is 1. The molecule has 7 N–H and O–H groups in total. The van der Waals surface area contributed by atoms with Crippen molar-refractivity contribution in [2.45, 2.75) is 68.5 Å². The third-order valence-electron chi connectivity index (χ3n) is 12.1. The molecule has 2 aromatic heterocycles. The highest BCUT2D eigenvalue weighted by Crippen LogP contribution is 2.42. The second kappa shape index (κ2) is 18.2. The molecule has 13 nitrogen and oxygen atoms in total. The van der Waals surface area contributed by atoms with Gasteiger partial charge in [-0.2, -0.15) is 0 Å². The maximum Gasteiger partial charge on any atom is 0.335 e. The first-order chi connectivity index (χ1) is 29.4. The molecule has 3 aromatic carbocycles. The summed E-state index contributed by atoms with van der Waals surface area (Å²) in [5.74, 6) is -0.628. The van der Waals surface area contributed by atoms with Gasteiger partial charge in [-0.15, -0.1) is 0 Å². The van der Waals surface area contributed by atoms with Crippen LogP contribution < -0.4 is 15.5 Å². The first kappa shape index (κ1) is 42.8. The van der Waals surface area contributed by atoms with Gasteiger partial charge in [-0.1, -0.05) is 90.1 Å². The van der Waals surface area contributed by atoms with Gasteiger partial charge >= 0.3 is 5.97 Å². The monoisotopic (exact) mass is 868 g/mol. The Kier molecular flexibility index (Phi) is 12.8. The van der Waals surface area contributed by atoms with E-state index in [2.05, 4.69) is 60.6 Å². The third kappa shape index (κ3) is 8.66. The zero-order chi connectivity index (χ0) is 42.8. The van der Waals surface area contributed by atoms with Crippen molar-refractivity contribution in [1.82, 2.24) is 10.3 Å². The van der Waals surface area contributed by atoms with Gasteiger partial charge in [0, 0.05) is 30.8 Å². The summed E-state index contributed by atoms with van der Waals surface area (Å²) in [5.41, 5.74) is 2.68. The molecule has 15 heteroatoms. The van der Waals surface area contributed by atoms with Gasteiger partial charge in [0.2, 0.25) is 6.29 Å². The van der Waals surface area contributed by atoms with E-state index in [4.69, 9.17) is 18.6 Å². The number of carboxylic acid groups (broad SMARTS) is 1. The maximum atomic E-state index is 13.5. The number of aromatic amines is 1. The second-order valence-electron chi connectivity index (χ2n) is 15.8. The largest absolute Gasteiger partial charge is 0.508 e. The van der Waals surface area contributed by atoms with E-state index in [1.54, 1.807) is 22.9 Å². The van der Waals surface area contributed by atoms with E-state index in [1.807, 2.05) is 24.5 Å². The molecule has 0 bridgehead atoms. The summed E-state index contributed by atoms with van der Waals surface area (Å²) in [6.45, 7) is 4.55. The van der Waals surface area contributed by atoms with Crippen molar-refractivity contribution in [2.75, 3.05) is 18.2 Å². The van der Waals surface area contributed by atoms with Crippen LogP contribution in [-0.4, -0.2) is 91.2 Å². The molecular formula is C46H48N2O11S2. The summed E-state index contributed by atoms with van der Waals surface area (Å²) in [6, 6.07) is 20.8. The fraction of sp³-hybridized carbons (Fsp3) is 0.348. The average Bonchev–Trinajstić information content (AvgIpc) is 3.79. The van der Waals surface area contributed by atoms with E-state index >= 15 is 0 Å². The number of aromatic hydroxyl groups is 1. The quantitative estimate of drug-likeness (QED) is 0.0822. The summed E-state index contributed by atoms with van der Waals surface area (Å²) in [6.07, 6.45) is 3.18. The first-order valence-corrected chi connectivity index (χ1v) is 22.6. The van der Waals surface area contributed by atoms with Crippen molar-refractivity contribution in [1.29, 1.82) is 0 Å². The number of hydrogen-bond donors (Lipinski definition) is 7. The first-order valence-electron chi connectivity index (χ1n) is 20.1. The molecular weight excluding hydrogens is 821 g/mol. The van der Waals surface area contributed by atoms with Crippen molar-refractivity contribution in [3.8, 4) is 22.6 Å². The number of aliphatic carboxylic acids is 1. The Morgan fingerprint density at radius 1 is 1.07 bits per heavy atom. The number of rotatable bonds is 8. The Bertz CT molecular complexity index is 2460. The van der Waals surface area contributed by atoms with Crippen LogP contribution in [0.4, 0.5) is 0 Å². The number of ether oxygens (including phenoxy) is 3. The predicted molar refractivity (Wildman–Crippen MR) is 234 cm³/mol. The number of aliphatic hydroxyl groups excluding tert-OH is 2. The average molecular weight is 869 g/mol. The van der Waals surface area contributed by atoms with Crippen molar-refractivity contribution >= 4 is 44.1 Å². The van der Waals surface area contributed by atoms with E-state index in [0.29, 0.717) is 23.7 Å². The van der Waals surface area contributed by atoms with Gasteiger partial charge in [0.05, 0.1) is 10.9 Å². The van der Waals surface area contributed by atoms with E-state index in [9.17, 15) is 35.1 Å². The standard InChI is InChI=1S/C46H48N2O11S2/c1-25-7-9-27(33-6-4-3-5-32(25)33)10-8-26(2)35-21-48-44(54)46(55)42(57-24-61-60-23-37(35)29-17-18-47-20-29)40(51)41(43(52)53)59-45(46)58-31-15-16-34-38(19-31)56-22-36(39(34)50)28-11-13-30(49)14-12-28/h3-7,9-20,22,25-26,35,37,40-42,44-45,47-49,51,54-55H,8,21,23-24H2,1-2H3,(H,52,53)/b27-10+/t25-,26-,35-,37+,40-,41+,42+,44+,45-,46+/m1/s1. The predicted octanol–water partition coefficient (Wildman–Crippen LogP) is 6.60. The minimum Gasteiger partial charge on any atom is -0.508 e. The zero-order valence-corrected chi connectivity index (χ0v) is 35.1. The molecule has 10 atom stereocenters. The van der Waals surface area contributed by atoms with Gasteiger partial charge in [0.1, 0.15) is 47.7 Å². The Hall–Kier alpha value is -4.84. The minimum absolute atomic E-state index is 0.00521. The van der Waals surface area contributed by atoms with Crippen LogP contribution in [0.2, 0.25) is 0 Å². The number of H-pyrrole nitrogens is 1. The number of aliphatic hydroxyl groups is 3. The Morgan fingerprint density at radius 3 is 2.64 bits per heavy atom. The van der Waals surface area contributed by atoms with E-state index < -0.39 is 42.4 Å². The topological polar surface area (TPSA) is 204 Å². The van der Waals surface area contributed by atoms with E-state index in [1.165, 1.54) is 58.5 Å². The van der Waals surface area contributed by atoms with Crippen molar-refractivity contribution in [3.05, 3.63) is 137 Å². The zero-order valence-electron chi connectivity index (χ0n) is 33.4. The lowest BCUT2D eigenvalue weighted by molar-refractivity contribution is -0.342. The highest BCUT2D eigenvalue weighted by molar-refractivity contribution is 8.76. The summed E-state index contributed by atoms with van der Waals surface area (Å²) < 4.78 is 23.9. The van der Waals surface area contributed by atoms with E-state index in [0.717, 1.165) is 11.1 Å². The lowest BCUT2D eigenvalue weighted by Gasteiger charge is -2.50. The summed E-state index contributed by atoms with van der Waals surface area (Å²) in [7, 11) is 2.90. The number of allylic oxidation sites excluding steroid dienone is 4. The molecule has 61 heavy (non-hydrogen) atoms. The summed E-state index contributed by atoms with van der Waals surface area (Å²) >= 11 is 0. The van der Waals surface area contributed by atoms with Crippen molar-refractivity contribution in [3.63, 3.8) is 0 Å². The van der Waals surface area contributed by atoms with Crippen LogP contribution in [0.15, 0.2) is 119 Å². The second-order valence-corrected chi connectivity index (χ2v) is 18.3. The fourth-order valence-corrected chi connectivity index (χ4v) is 10.6. The van der Waals surface area contributed by atoms with Crippen LogP contribution in [0.3, 0.4) is 0 Å². The van der Waals surface area contributed by atoms with Gasteiger partial charge in [-0.3, -0.25) is 10.1 Å². The number of benzene rings is 3. The van der Waals surface area contributed by atoms with Crippen LogP contribution in [0.1, 0.15) is 48.8 Å². The number of fused-ring (bicyclic) bond motifs is 3. The summed E-state index contributed by atoms with van der Waals surface area (Å²) in [5, 5.41) is 59.4. The molecule has 0 saturated carbocycles. The van der Waals surface area contributed by atoms with E-state index in [-0.39, 0.29) is 63.7 Å². The molecule has 2 aliphatic heterocycles. The number of carboxylic acids is 1. The van der Waals surface area contributed by atoms with Gasteiger partial charge in [-0.25, -0.2) is 4.79 Å². The van der Waals surface area contributed by atoms with Crippen LogP contribution in [-0.2, 0) is 14.3 Å². The molecule has 3 aliphatic rings. The number of phenolic OH excluding ortho intramolecular Hbond substituents is 1. The molecule has 0 spiro atoms. The third-order valence-corrected chi connectivity index (χ3v) is 14.2. The van der Waals surface area contributed by atoms with Crippen molar-refractivity contribution < 1.29 is 49.0 Å². The molecule has 1 aliphatic carbocycles. The maximum absolute atomic E-state index is 13.5. The van der Waals surface area contributed by atoms with Crippen LogP contribution in [0.25, 0.3) is 27.7 Å². The molecule has 2 fully saturated rings. The number of hydrogen-bond acceptors (Lipinski definition) is 13. The number of phenols is 1. The van der Waals surface area contributed by atoms with Crippen LogP contribution in [0.5, 0.6) is 11.5 Å². The highest BCUT2D eigenvalue weighted by atomic mass is 33.1. The minimum atomic E-state index is -2.58. The molecule has 0 amide bonds. The molecule has 2 saturated heterocycles. The Morgan fingerprint density at radius 2 is 1.87 bits per heavy atom. The normalized spacial score (nSPS) is 29.5. The van der Waals surface area contributed by atoms with Crippen LogP contribution in [0, 0.1) is 11.8 Å². The molecule has 0 unspecified atom stereocenters.